The van der Waals surface area contributed by atoms with Crippen LogP contribution in [0.1, 0.15) is 81.3 Å². The van der Waals surface area contributed by atoms with E-state index in [1.54, 1.807) is 13.8 Å². The second-order valence-corrected chi connectivity index (χ2v) is 8.02. The lowest BCUT2D eigenvalue weighted by Crippen LogP contribution is -2.34. The van der Waals surface area contributed by atoms with Crippen molar-refractivity contribution in [2.75, 3.05) is 7.11 Å². The van der Waals surface area contributed by atoms with Gasteiger partial charge in [-0.05, 0) is 33.6 Å². The van der Waals surface area contributed by atoms with Crippen molar-refractivity contribution < 1.29 is 29.3 Å². The molecule has 1 aliphatic heterocycles. The van der Waals surface area contributed by atoms with Crippen molar-refractivity contribution in [1.82, 2.24) is 0 Å². The van der Waals surface area contributed by atoms with Gasteiger partial charge in [0.25, 0.3) is 0 Å². The van der Waals surface area contributed by atoms with E-state index in [1.165, 1.54) is 7.11 Å². The van der Waals surface area contributed by atoms with Crippen LogP contribution < -0.4 is 4.74 Å². The molecule has 0 saturated carbocycles. The number of phenolic OH excluding ortho intramolecular Hbond substituents is 2. The number of rotatable bonds is 7. The van der Waals surface area contributed by atoms with Crippen LogP contribution in [-0.2, 0) is 16.0 Å². The van der Waals surface area contributed by atoms with E-state index < -0.39 is 18.0 Å². The van der Waals surface area contributed by atoms with Crippen LogP contribution in [0.4, 0.5) is 0 Å². The zero-order valence-electron chi connectivity index (χ0n) is 18.2. The van der Waals surface area contributed by atoms with Gasteiger partial charge in [0.1, 0.15) is 28.9 Å². The highest BCUT2D eigenvalue weighted by Gasteiger charge is 2.40. The van der Waals surface area contributed by atoms with Gasteiger partial charge in [0.2, 0.25) is 0 Å². The molecular weight excluding hydrogens is 372 g/mol. The number of phenols is 2. The molecule has 0 bridgehead atoms. The van der Waals surface area contributed by atoms with E-state index in [0.29, 0.717) is 12.0 Å². The van der Waals surface area contributed by atoms with Crippen molar-refractivity contribution in [1.29, 1.82) is 0 Å². The number of aromatic hydroxyl groups is 2. The summed E-state index contributed by atoms with van der Waals surface area (Å²) >= 11 is 0. The third-order valence-corrected chi connectivity index (χ3v) is 5.60. The maximum absolute atomic E-state index is 13.0. The summed E-state index contributed by atoms with van der Waals surface area (Å²) in [4.78, 5) is 25.1. The van der Waals surface area contributed by atoms with E-state index in [0.717, 1.165) is 12.0 Å². The molecule has 0 fully saturated rings. The Morgan fingerprint density at radius 2 is 1.90 bits per heavy atom. The number of hydrogen-bond donors (Lipinski definition) is 2. The highest BCUT2D eigenvalue weighted by atomic mass is 16.5. The van der Waals surface area contributed by atoms with Crippen LogP contribution in [0.5, 0.6) is 17.2 Å². The number of carbonyl (C=O) groups excluding carboxylic acids is 2. The topological polar surface area (TPSA) is 93.1 Å². The molecule has 0 amide bonds. The Kier molecular flexibility index (Phi) is 7.33. The normalized spacial score (nSPS) is 19.2. The second kappa shape index (κ2) is 9.33. The number of benzene rings is 1. The molecule has 3 unspecified atom stereocenters. The molecule has 6 heteroatoms. The molecule has 0 spiro atoms. The summed E-state index contributed by atoms with van der Waals surface area (Å²) in [7, 11) is 1.32. The molecule has 29 heavy (non-hydrogen) atoms. The van der Waals surface area contributed by atoms with Crippen LogP contribution in [0, 0.1) is 5.92 Å². The van der Waals surface area contributed by atoms with Crippen LogP contribution in [0.25, 0.3) is 0 Å². The molecule has 0 saturated heterocycles. The minimum absolute atomic E-state index is 0.0543. The van der Waals surface area contributed by atoms with Crippen LogP contribution in [0.3, 0.4) is 0 Å². The van der Waals surface area contributed by atoms with Gasteiger partial charge in [-0.1, -0.05) is 31.9 Å². The molecule has 1 aromatic rings. The fraction of sp³-hybridized carbons (Fsp3) is 0.565. The molecule has 0 radical (unpaired) electrons. The Bertz CT molecular complexity index is 819. The van der Waals surface area contributed by atoms with E-state index in [2.05, 4.69) is 0 Å². The number of carbonyl (C=O) groups is 2. The van der Waals surface area contributed by atoms with Gasteiger partial charge >= 0.3 is 5.97 Å². The zero-order chi connectivity index (χ0) is 21.9. The quantitative estimate of drug-likeness (QED) is 0.507. The fourth-order valence-electron chi connectivity index (χ4n) is 3.71. The highest BCUT2D eigenvalue weighted by molar-refractivity contribution is 6.05. The number of allylic oxidation sites excluding steroid dienone is 2. The lowest BCUT2D eigenvalue weighted by molar-refractivity contribution is -0.141. The fourth-order valence-corrected chi connectivity index (χ4v) is 3.71. The van der Waals surface area contributed by atoms with Gasteiger partial charge in [0.05, 0.1) is 19.4 Å². The number of esters is 1. The minimum Gasteiger partial charge on any atom is -0.507 e. The van der Waals surface area contributed by atoms with Crippen molar-refractivity contribution in [3.05, 3.63) is 28.3 Å². The van der Waals surface area contributed by atoms with Crippen molar-refractivity contribution in [3.63, 3.8) is 0 Å². The Morgan fingerprint density at radius 3 is 2.45 bits per heavy atom. The lowest BCUT2D eigenvalue weighted by Gasteiger charge is -2.33. The molecular formula is C23H32O6. The summed E-state index contributed by atoms with van der Waals surface area (Å²) in [5.41, 5.74) is 1.82. The predicted octanol–water partition coefficient (Wildman–Crippen LogP) is 4.65. The molecule has 6 nitrogen and oxygen atoms in total. The Hall–Kier alpha value is -2.50. The first-order valence-electron chi connectivity index (χ1n) is 10.2. The van der Waals surface area contributed by atoms with Gasteiger partial charge in [-0.3, -0.25) is 9.59 Å². The molecule has 2 rings (SSSR count). The molecule has 1 aliphatic rings. The van der Waals surface area contributed by atoms with Gasteiger partial charge in [0, 0.05) is 17.0 Å². The summed E-state index contributed by atoms with van der Waals surface area (Å²) in [5, 5.41) is 22.0. The van der Waals surface area contributed by atoms with Crippen molar-refractivity contribution >= 4 is 11.8 Å². The summed E-state index contributed by atoms with van der Waals surface area (Å²) < 4.78 is 10.9. The van der Waals surface area contributed by atoms with Crippen LogP contribution in [0.15, 0.2) is 11.6 Å². The summed E-state index contributed by atoms with van der Waals surface area (Å²) in [6.07, 6.45) is 3.16. The van der Waals surface area contributed by atoms with Crippen LogP contribution in [0.2, 0.25) is 0 Å². The first kappa shape index (κ1) is 22.8. The zero-order valence-corrected chi connectivity index (χ0v) is 18.2. The average Bonchev–Trinajstić information content (AvgIpc) is 2.65. The maximum Gasteiger partial charge on any atom is 0.306 e. The molecule has 1 aromatic carbocycles. The molecule has 2 N–H and O–H groups in total. The van der Waals surface area contributed by atoms with Gasteiger partial charge < -0.3 is 19.7 Å². The molecule has 1 heterocycles. The molecule has 3 atom stereocenters. The largest absolute Gasteiger partial charge is 0.507 e. The van der Waals surface area contributed by atoms with E-state index in [9.17, 15) is 19.8 Å². The number of fused-ring (bicyclic) bond motifs is 1. The monoisotopic (exact) mass is 404 g/mol. The Morgan fingerprint density at radius 1 is 1.24 bits per heavy atom. The van der Waals surface area contributed by atoms with E-state index in [1.807, 2.05) is 26.8 Å². The second-order valence-electron chi connectivity index (χ2n) is 8.02. The minimum atomic E-state index is -0.424. The number of methoxy groups -OCH3 is 1. The van der Waals surface area contributed by atoms with Crippen molar-refractivity contribution in [3.8, 4) is 17.2 Å². The number of hydrogen-bond acceptors (Lipinski definition) is 6. The number of ketones is 1. The Labute approximate surface area is 172 Å². The standard InChI is InChI=1S/C23H32O6/c1-7-8-15(11-17(24)28-6)18-21(26)16(10-9-12(2)3)22(27)19-20(25)13(4)14(5)29-23(18)19/h9,13-15,26-27H,7-8,10-11H2,1-6H3. The van der Waals surface area contributed by atoms with E-state index in [4.69, 9.17) is 9.47 Å². The first-order chi connectivity index (χ1) is 13.6. The molecule has 0 aliphatic carbocycles. The smallest absolute Gasteiger partial charge is 0.306 e. The van der Waals surface area contributed by atoms with Crippen molar-refractivity contribution in [2.24, 2.45) is 5.92 Å². The highest BCUT2D eigenvalue weighted by Crippen LogP contribution is 2.51. The number of Topliss-reactive ketones (excluding diaryl/α,β-unsaturated/α-hetero) is 1. The Balaban J connectivity index is 2.79. The predicted molar refractivity (Wildman–Crippen MR) is 111 cm³/mol. The summed E-state index contributed by atoms with van der Waals surface area (Å²) in [6.45, 7) is 9.37. The maximum atomic E-state index is 13.0. The van der Waals surface area contributed by atoms with Gasteiger partial charge in [-0.2, -0.15) is 0 Å². The summed E-state index contributed by atoms with van der Waals surface area (Å²) in [6, 6.07) is 0. The summed E-state index contributed by atoms with van der Waals surface area (Å²) in [5.74, 6) is -1.60. The third kappa shape index (κ3) is 4.57. The SMILES string of the molecule is CCCC(CC(=O)OC)c1c(O)c(CC=C(C)C)c(O)c2c1OC(C)C(C)C2=O. The van der Waals surface area contributed by atoms with Crippen molar-refractivity contribution in [2.45, 2.75) is 72.3 Å². The first-order valence-corrected chi connectivity index (χ1v) is 10.2. The van der Waals surface area contributed by atoms with Gasteiger partial charge in [-0.15, -0.1) is 0 Å². The van der Waals surface area contributed by atoms with Crippen LogP contribution >= 0.6 is 0 Å². The van der Waals surface area contributed by atoms with E-state index >= 15 is 0 Å². The molecule has 160 valence electrons. The lowest BCUT2D eigenvalue weighted by atomic mass is 9.81. The van der Waals surface area contributed by atoms with Gasteiger partial charge in [-0.25, -0.2) is 0 Å². The third-order valence-electron chi connectivity index (χ3n) is 5.60. The van der Waals surface area contributed by atoms with Crippen LogP contribution in [-0.4, -0.2) is 35.2 Å². The molecule has 0 aromatic heterocycles. The average molecular weight is 405 g/mol. The number of ether oxygens (including phenoxy) is 2. The van der Waals surface area contributed by atoms with Gasteiger partial charge in [0.15, 0.2) is 5.78 Å². The van der Waals surface area contributed by atoms with E-state index in [-0.39, 0.29) is 52.9 Å².